The molecule has 6 nitrogen and oxygen atoms in total. The maximum Gasteiger partial charge on any atom is 0.275 e. The van der Waals surface area contributed by atoms with Crippen molar-refractivity contribution in [3.05, 3.63) is 46.4 Å². The number of nitrogens with zero attached hydrogens (tertiary/aromatic N) is 3. The predicted molar refractivity (Wildman–Crippen MR) is 124 cm³/mol. The summed E-state index contributed by atoms with van der Waals surface area (Å²) in [6.07, 6.45) is 4.06. The van der Waals surface area contributed by atoms with Crippen molar-refractivity contribution < 1.29 is 4.79 Å². The third kappa shape index (κ3) is 4.43. The molecule has 0 atom stereocenters. The topological polar surface area (TPSA) is 59.3 Å². The van der Waals surface area contributed by atoms with Crippen LogP contribution in [0.25, 0.3) is 21.8 Å². The van der Waals surface area contributed by atoms with Crippen molar-refractivity contribution in [3.63, 3.8) is 0 Å². The van der Waals surface area contributed by atoms with Crippen LogP contribution in [0.2, 0.25) is 0 Å². The van der Waals surface area contributed by atoms with E-state index in [0.717, 1.165) is 42.2 Å². The van der Waals surface area contributed by atoms with Crippen molar-refractivity contribution in [1.29, 1.82) is 0 Å². The van der Waals surface area contributed by atoms with E-state index in [1.165, 1.54) is 0 Å². The molecular formula is C24H34N4O2. The second-order valence-electron chi connectivity index (χ2n) is 8.61. The summed E-state index contributed by atoms with van der Waals surface area (Å²) in [5.41, 5.74) is 2.07. The van der Waals surface area contributed by atoms with Crippen molar-refractivity contribution >= 4 is 27.7 Å². The van der Waals surface area contributed by atoms with E-state index in [1.807, 2.05) is 35.9 Å². The first-order valence-electron chi connectivity index (χ1n) is 10.9. The van der Waals surface area contributed by atoms with Gasteiger partial charge in [0.05, 0.1) is 5.56 Å². The quantitative estimate of drug-likeness (QED) is 0.586. The molecule has 0 bridgehead atoms. The lowest BCUT2D eigenvalue weighted by Gasteiger charge is -2.17. The number of para-hydroxylation sites is 1. The Balaban J connectivity index is 2.02. The molecule has 2 aromatic heterocycles. The first kappa shape index (κ1) is 22.1. The van der Waals surface area contributed by atoms with E-state index < -0.39 is 0 Å². The number of carbonyl (C=O) groups excluding carboxylic acids is 1. The Bertz CT molecular complexity index is 1090. The maximum absolute atomic E-state index is 13.2. The van der Waals surface area contributed by atoms with E-state index in [9.17, 15) is 9.59 Å². The van der Waals surface area contributed by atoms with Crippen LogP contribution in [0.5, 0.6) is 0 Å². The molecule has 0 radical (unpaired) electrons. The van der Waals surface area contributed by atoms with Gasteiger partial charge in [-0.1, -0.05) is 45.4 Å². The lowest BCUT2D eigenvalue weighted by atomic mass is 10.1. The molecule has 3 aromatic rings. The largest absolute Gasteiger partial charge is 0.351 e. The standard InChI is InChI=1S/C24H34N4O2/c1-6-7-13-26(4)14-12-25-23(29)19-16-28(15-17(2)3)24(30)22-21(19)18-10-8-9-11-20(18)27(22)5/h8-11,16-17H,6-7,12-15H2,1-5H3,(H,25,29). The summed E-state index contributed by atoms with van der Waals surface area (Å²) in [5.74, 6) is 0.177. The van der Waals surface area contributed by atoms with Gasteiger partial charge in [-0.05, 0) is 32.0 Å². The van der Waals surface area contributed by atoms with Gasteiger partial charge in [-0.2, -0.15) is 0 Å². The monoisotopic (exact) mass is 410 g/mol. The highest BCUT2D eigenvalue weighted by atomic mass is 16.2. The third-order valence-electron chi connectivity index (χ3n) is 5.60. The van der Waals surface area contributed by atoms with E-state index in [2.05, 4.69) is 38.0 Å². The minimum Gasteiger partial charge on any atom is -0.351 e. The SMILES string of the molecule is CCCCN(C)CCNC(=O)c1cn(CC(C)C)c(=O)c2c1c1ccccc1n2C. The van der Waals surface area contributed by atoms with Crippen LogP contribution in [-0.2, 0) is 13.6 Å². The highest BCUT2D eigenvalue weighted by Gasteiger charge is 2.21. The number of hydrogen-bond donors (Lipinski definition) is 1. The highest BCUT2D eigenvalue weighted by molar-refractivity contribution is 6.17. The molecule has 30 heavy (non-hydrogen) atoms. The molecule has 1 amide bonds. The van der Waals surface area contributed by atoms with Gasteiger partial charge < -0.3 is 19.4 Å². The van der Waals surface area contributed by atoms with Gasteiger partial charge in [-0.25, -0.2) is 0 Å². The van der Waals surface area contributed by atoms with E-state index >= 15 is 0 Å². The van der Waals surface area contributed by atoms with Crippen LogP contribution < -0.4 is 10.9 Å². The summed E-state index contributed by atoms with van der Waals surface area (Å²) >= 11 is 0. The second-order valence-corrected chi connectivity index (χ2v) is 8.61. The average molecular weight is 411 g/mol. The van der Waals surface area contributed by atoms with Gasteiger partial charge in [0, 0.05) is 49.2 Å². The molecule has 0 spiro atoms. The van der Waals surface area contributed by atoms with Gasteiger partial charge in [-0.15, -0.1) is 0 Å². The smallest absolute Gasteiger partial charge is 0.275 e. The van der Waals surface area contributed by atoms with Crippen LogP contribution in [0.15, 0.2) is 35.3 Å². The van der Waals surface area contributed by atoms with Gasteiger partial charge in [0.25, 0.3) is 11.5 Å². The Labute approximate surface area is 178 Å². The van der Waals surface area contributed by atoms with Gasteiger partial charge >= 0.3 is 0 Å². The number of benzene rings is 1. The van der Waals surface area contributed by atoms with Gasteiger partial charge in [0.15, 0.2) is 0 Å². The lowest BCUT2D eigenvalue weighted by molar-refractivity contribution is 0.0950. The fourth-order valence-corrected chi connectivity index (χ4v) is 4.03. The fraction of sp³-hybridized carbons (Fsp3) is 0.500. The summed E-state index contributed by atoms with van der Waals surface area (Å²) in [5, 5.41) is 4.75. The molecule has 0 unspecified atom stereocenters. The van der Waals surface area contributed by atoms with Crippen LogP contribution >= 0.6 is 0 Å². The van der Waals surface area contributed by atoms with Crippen molar-refractivity contribution in [2.24, 2.45) is 13.0 Å². The average Bonchev–Trinajstić information content (AvgIpc) is 3.01. The first-order chi connectivity index (χ1) is 14.3. The normalized spacial score (nSPS) is 11.8. The number of hydrogen-bond acceptors (Lipinski definition) is 3. The van der Waals surface area contributed by atoms with Crippen molar-refractivity contribution in [3.8, 4) is 0 Å². The van der Waals surface area contributed by atoms with Crippen LogP contribution in [0.3, 0.4) is 0 Å². The van der Waals surface area contributed by atoms with Crippen LogP contribution in [-0.4, -0.2) is 46.6 Å². The lowest BCUT2D eigenvalue weighted by Crippen LogP contribution is -2.34. The third-order valence-corrected chi connectivity index (χ3v) is 5.60. The zero-order valence-electron chi connectivity index (χ0n) is 18.9. The van der Waals surface area contributed by atoms with Crippen molar-refractivity contribution in [2.45, 2.75) is 40.2 Å². The molecule has 0 aliphatic rings. The van der Waals surface area contributed by atoms with E-state index in [0.29, 0.717) is 30.1 Å². The Morgan fingerprint density at radius 3 is 2.63 bits per heavy atom. The van der Waals surface area contributed by atoms with E-state index in [-0.39, 0.29) is 11.5 Å². The molecule has 3 rings (SSSR count). The van der Waals surface area contributed by atoms with Crippen LogP contribution in [0, 0.1) is 5.92 Å². The summed E-state index contributed by atoms with van der Waals surface area (Å²) in [4.78, 5) is 28.7. The Morgan fingerprint density at radius 2 is 1.93 bits per heavy atom. The Kier molecular flexibility index (Phi) is 6.98. The minimum absolute atomic E-state index is 0.0479. The maximum atomic E-state index is 13.2. The molecule has 0 fully saturated rings. The number of aryl methyl sites for hydroxylation is 1. The molecule has 0 aliphatic heterocycles. The number of nitrogens with one attached hydrogen (secondary N) is 1. The number of aromatic nitrogens is 2. The van der Waals surface area contributed by atoms with Crippen molar-refractivity contribution in [2.75, 3.05) is 26.7 Å². The predicted octanol–water partition coefficient (Wildman–Crippen LogP) is 3.61. The molecule has 162 valence electrons. The number of amides is 1. The van der Waals surface area contributed by atoms with E-state index in [4.69, 9.17) is 0 Å². The minimum atomic E-state index is -0.127. The van der Waals surface area contributed by atoms with Crippen LogP contribution in [0.1, 0.15) is 44.0 Å². The molecule has 0 saturated heterocycles. The molecule has 0 saturated carbocycles. The van der Waals surface area contributed by atoms with Crippen molar-refractivity contribution in [1.82, 2.24) is 19.4 Å². The number of rotatable bonds is 9. The van der Waals surface area contributed by atoms with Gasteiger partial charge in [-0.3, -0.25) is 9.59 Å². The first-order valence-corrected chi connectivity index (χ1v) is 10.9. The Hall–Kier alpha value is -2.60. The highest BCUT2D eigenvalue weighted by Crippen LogP contribution is 2.29. The molecule has 2 heterocycles. The number of fused-ring (bicyclic) bond motifs is 3. The number of pyridine rings is 1. The van der Waals surface area contributed by atoms with Gasteiger partial charge in [0.2, 0.25) is 0 Å². The van der Waals surface area contributed by atoms with E-state index in [1.54, 1.807) is 10.8 Å². The number of likely N-dealkylation sites (N-methyl/N-ethyl adjacent to an activating group) is 1. The number of carbonyl (C=O) groups is 1. The molecule has 0 aliphatic carbocycles. The van der Waals surface area contributed by atoms with Gasteiger partial charge in [0.1, 0.15) is 5.52 Å². The molecular weight excluding hydrogens is 376 g/mol. The summed E-state index contributed by atoms with van der Waals surface area (Å²) in [7, 11) is 3.98. The Morgan fingerprint density at radius 1 is 1.20 bits per heavy atom. The summed E-state index contributed by atoms with van der Waals surface area (Å²) in [6.45, 7) is 9.31. The zero-order valence-corrected chi connectivity index (χ0v) is 18.9. The molecule has 1 aromatic carbocycles. The fourth-order valence-electron chi connectivity index (χ4n) is 4.03. The number of unbranched alkanes of at least 4 members (excludes halogenated alkanes) is 1. The summed E-state index contributed by atoms with van der Waals surface area (Å²) < 4.78 is 3.60. The molecule has 1 N–H and O–H groups in total. The second kappa shape index (κ2) is 9.47. The molecule has 6 heteroatoms. The van der Waals surface area contributed by atoms with Crippen LogP contribution in [0.4, 0.5) is 0 Å². The zero-order chi connectivity index (χ0) is 21.8. The summed E-state index contributed by atoms with van der Waals surface area (Å²) in [6, 6.07) is 7.89.